The summed E-state index contributed by atoms with van der Waals surface area (Å²) in [5.74, 6) is -1.000. The predicted octanol–water partition coefficient (Wildman–Crippen LogP) is 5.66. The van der Waals surface area contributed by atoms with Crippen LogP contribution < -0.4 is 0 Å². The van der Waals surface area contributed by atoms with Crippen LogP contribution in [-0.4, -0.2) is 49.4 Å². The van der Waals surface area contributed by atoms with Gasteiger partial charge in [0, 0.05) is 5.92 Å². The van der Waals surface area contributed by atoms with Crippen LogP contribution >= 0.6 is 0 Å². The third kappa shape index (κ3) is 4.60. The van der Waals surface area contributed by atoms with Gasteiger partial charge in [0.25, 0.3) is 0 Å². The smallest absolute Gasteiger partial charge is 0.224 e. The Morgan fingerprint density at radius 1 is 0.816 bits per heavy atom. The van der Waals surface area contributed by atoms with Crippen LogP contribution in [0, 0.1) is 5.92 Å². The highest BCUT2D eigenvalue weighted by atomic mass is 16.9. The van der Waals surface area contributed by atoms with Crippen molar-refractivity contribution in [2.24, 2.45) is 5.92 Å². The Labute approximate surface area is 223 Å². The van der Waals surface area contributed by atoms with Gasteiger partial charge in [0.1, 0.15) is 24.9 Å². The summed E-state index contributed by atoms with van der Waals surface area (Å²) in [5.41, 5.74) is 4.78. The Morgan fingerprint density at radius 2 is 1.53 bits per heavy atom. The van der Waals surface area contributed by atoms with Gasteiger partial charge in [0.05, 0.1) is 13.2 Å². The van der Waals surface area contributed by atoms with Crippen LogP contribution in [-0.2, 0) is 35.0 Å². The molecular weight excluding hydrogens is 480 g/mol. The maximum atomic E-state index is 6.61. The van der Waals surface area contributed by atoms with Crippen LogP contribution in [0.15, 0.2) is 84.9 Å². The van der Waals surface area contributed by atoms with Crippen molar-refractivity contribution < 1.29 is 28.4 Å². The molecule has 1 spiro atoms. The molecule has 6 nitrogen and oxygen atoms in total. The van der Waals surface area contributed by atoms with E-state index in [0.29, 0.717) is 25.0 Å². The van der Waals surface area contributed by atoms with E-state index in [0.717, 1.165) is 12.0 Å². The van der Waals surface area contributed by atoms with E-state index in [1.165, 1.54) is 16.7 Å². The highest BCUT2D eigenvalue weighted by molar-refractivity contribution is 5.63. The van der Waals surface area contributed by atoms with Gasteiger partial charge in [0.2, 0.25) is 5.79 Å². The molecule has 1 saturated carbocycles. The minimum Gasteiger partial charge on any atom is -0.365 e. The average Bonchev–Trinajstić information content (AvgIpc) is 3.53. The third-order valence-corrected chi connectivity index (χ3v) is 8.14. The second-order valence-electron chi connectivity index (χ2n) is 11.3. The van der Waals surface area contributed by atoms with E-state index in [9.17, 15) is 0 Å². The van der Waals surface area contributed by atoms with E-state index in [-0.39, 0.29) is 25.1 Å². The van der Waals surface area contributed by atoms with Crippen molar-refractivity contribution in [1.82, 2.24) is 0 Å². The lowest BCUT2D eigenvalue weighted by Gasteiger charge is -2.43. The molecule has 7 rings (SSSR count). The third-order valence-electron chi connectivity index (χ3n) is 8.14. The van der Waals surface area contributed by atoms with Gasteiger partial charge in [-0.15, -0.1) is 0 Å². The number of ether oxygens (including phenoxy) is 6. The summed E-state index contributed by atoms with van der Waals surface area (Å²) >= 11 is 0. The predicted molar refractivity (Wildman–Crippen MR) is 141 cm³/mol. The van der Waals surface area contributed by atoms with Crippen LogP contribution in [0.1, 0.15) is 37.3 Å². The van der Waals surface area contributed by atoms with E-state index in [4.69, 9.17) is 28.4 Å². The van der Waals surface area contributed by atoms with Gasteiger partial charge in [0.15, 0.2) is 12.1 Å². The number of hydrogen-bond donors (Lipinski definition) is 0. The standard InChI is InChI=1S/C32H34O6/c1-31(2)35-20-32(38-31)29(33-18-21-13-15-23(16-14-21)22-9-5-3-6-10-22)28-27(19-34-32)36-30(37-28)26-17-25(26)24-11-7-4-8-12-24/h3-16,25-30H,17-20H2,1-2H3/t25-,26+,27+,28+,29+,30+,32-/m0/s1. The molecule has 0 N–H and O–H groups in total. The lowest BCUT2D eigenvalue weighted by Crippen LogP contribution is -2.62. The van der Waals surface area contributed by atoms with Crippen molar-refractivity contribution in [1.29, 1.82) is 0 Å². The van der Waals surface area contributed by atoms with Crippen molar-refractivity contribution in [3.8, 4) is 11.1 Å². The zero-order valence-electron chi connectivity index (χ0n) is 21.8. The average molecular weight is 515 g/mol. The monoisotopic (exact) mass is 514 g/mol. The molecule has 4 fully saturated rings. The maximum Gasteiger partial charge on any atom is 0.224 e. The van der Waals surface area contributed by atoms with Crippen LogP contribution in [0.3, 0.4) is 0 Å². The van der Waals surface area contributed by atoms with Crippen LogP contribution in [0.2, 0.25) is 0 Å². The van der Waals surface area contributed by atoms with E-state index < -0.39 is 17.7 Å². The van der Waals surface area contributed by atoms with E-state index in [1.807, 2.05) is 19.9 Å². The molecule has 6 heteroatoms. The van der Waals surface area contributed by atoms with Crippen LogP contribution in [0.25, 0.3) is 11.1 Å². The molecule has 3 aliphatic heterocycles. The largest absolute Gasteiger partial charge is 0.365 e. The van der Waals surface area contributed by atoms with E-state index in [2.05, 4.69) is 78.9 Å². The molecule has 198 valence electrons. The number of rotatable bonds is 6. The molecule has 3 aromatic carbocycles. The highest BCUT2D eigenvalue weighted by Gasteiger charge is 2.64. The molecule has 1 aliphatic carbocycles. The molecule has 4 aliphatic rings. The fraction of sp³-hybridized carbons (Fsp3) is 0.438. The molecule has 3 aromatic rings. The van der Waals surface area contributed by atoms with E-state index in [1.54, 1.807) is 0 Å². The van der Waals surface area contributed by atoms with E-state index >= 15 is 0 Å². The zero-order valence-corrected chi connectivity index (χ0v) is 21.8. The van der Waals surface area contributed by atoms with Crippen molar-refractivity contribution in [2.75, 3.05) is 13.2 Å². The summed E-state index contributed by atoms with van der Waals surface area (Å²) in [4.78, 5) is 0. The fourth-order valence-electron chi connectivity index (χ4n) is 6.07. The molecule has 0 radical (unpaired) electrons. The number of fused-ring (bicyclic) bond motifs is 1. The highest BCUT2D eigenvalue weighted by Crippen LogP contribution is 2.54. The Hall–Kier alpha value is -2.58. The van der Waals surface area contributed by atoms with Crippen LogP contribution in [0.5, 0.6) is 0 Å². The van der Waals surface area contributed by atoms with Crippen molar-refractivity contribution in [3.05, 3.63) is 96.1 Å². The van der Waals surface area contributed by atoms with Crippen molar-refractivity contribution >= 4 is 0 Å². The number of benzene rings is 3. The van der Waals surface area contributed by atoms with Gasteiger partial charge < -0.3 is 28.4 Å². The zero-order chi connectivity index (χ0) is 25.7. The Morgan fingerprint density at radius 3 is 2.24 bits per heavy atom. The van der Waals surface area contributed by atoms with Gasteiger partial charge in [-0.1, -0.05) is 84.9 Å². The first-order valence-electron chi connectivity index (χ1n) is 13.6. The summed E-state index contributed by atoms with van der Waals surface area (Å²) in [6.45, 7) is 4.88. The molecule has 0 bridgehead atoms. The lowest BCUT2D eigenvalue weighted by molar-refractivity contribution is -0.336. The Balaban J connectivity index is 1.08. The molecule has 3 saturated heterocycles. The minimum atomic E-state index is -1.03. The lowest BCUT2D eigenvalue weighted by atomic mass is 9.97. The van der Waals surface area contributed by atoms with Gasteiger partial charge >= 0.3 is 0 Å². The molecular formula is C32H34O6. The fourth-order valence-corrected chi connectivity index (χ4v) is 6.07. The second-order valence-corrected chi connectivity index (χ2v) is 11.3. The maximum absolute atomic E-state index is 6.61. The summed E-state index contributed by atoms with van der Waals surface area (Å²) < 4.78 is 38.3. The van der Waals surface area contributed by atoms with Gasteiger partial charge in [-0.3, -0.25) is 0 Å². The molecule has 38 heavy (non-hydrogen) atoms. The Kier molecular flexibility index (Phi) is 6.15. The quantitative estimate of drug-likeness (QED) is 0.423. The van der Waals surface area contributed by atoms with Crippen molar-refractivity contribution in [2.45, 2.75) is 69.0 Å². The molecule has 0 unspecified atom stereocenters. The molecule has 0 amide bonds. The van der Waals surface area contributed by atoms with Crippen LogP contribution in [0.4, 0.5) is 0 Å². The Bertz CT molecular complexity index is 1250. The minimum absolute atomic E-state index is 0.208. The first-order valence-corrected chi connectivity index (χ1v) is 13.6. The number of hydrogen-bond acceptors (Lipinski definition) is 6. The second kappa shape index (κ2) is 9.56. The summed E-state index contributed by atoms with van der Waals surface area (Å²) in [5, 5.41) is 0. The first-order chi connectivity index (χ1) is 18.5. The SMILES string of the molecule is CC1(C)OC[C@]2(OC[C@H]3O[C@@H]([C@@H]4C[C@H]4c4ccccc4)O[C@H]3[C@H]2OCc2ccc(-c3ccccc3)cc2)O1. The molecule has 0 aromatic heterocycles. The first kappa shape index (κ1) is 24.5. The molecule has 3 heterocycles. The van der Waals surface area contributed by atoms with Crippen molar-refractivity contribution in [3.63, 3.8) is 0 Å². The van der Waals surface area contributed by atoms with Gasteiger partial charge in [-0.25, -0.2) is 0 Å². The normalized spacial score (nSPS) is 35.3. The molecule has 7 atom stereocenters. The van der Waals surface area contributed by atoms with Gasteiger partial charge in [-0.2, -0.15) is 0 Å². The topological polar surface area (TPSA) is 55.4 Å². The summed E-state index contributed by atoms with van der Waals surface area (Å²) in [6, 6.07) is 29.4. The van der Waals surface area contributed by atoms with Gasteiger partial charge in [-0.05, 0) is 48.4 Å². The summed E-state index contributed by atoms with van der Waals surface area (Å²) in [6.07, 6.45) is -0.213. The summed E-state index contributed by atoms with van der Waals surface area (Å²) in [7, 11) is 0.